The van der Waals surface area contributed by atoms with Crippen molar-refractivity contribution in [3.8, 4) is 5.75 Å². The van der Waals surface area contributed by atoms with Crippen LogP contribution < -0.4 is 21.3 Å². The van der Waals surface area contributed by atoms with E-state index < -0.39 is 11.2 Å². The van der Waals surface area contributed by atoms with Crippen LogP contribution in [0.2, 0.25) is 0 Å². The molecule has 0 saturated heterocycles. The average molecular weight is 458 g/mol. The Morgan fingerprint density at radius 2 is 1.62 bits per heavy atom. The Labute approximate surface area is 197 Å². The van der Waals surface area contributed by atoms with Crippen LogP contribution in [0, 0.1) is 6.92 Å². The number of para-hydroxylation sites is 2. The zero-order valence-electron chi connectivity index (χ0n) is 19.3. The number of hydrogen-bond donors (Lipinski definition) is 1. The number of amides is 1. The van der Waals surface area contributed by atoms with Crippen molar-refractivity contribution in [1.29, 1.82) is 0 Å². The van der Waals surface area contributed by atoms with E-state index in [0.29, 0.717) is 29.7 Å². The van der Waals surface area contributed by atoms with Gasteiger partial charge in [-0.25, -0.2) is 4.79 Å². The molecule has 3 aromatic carbocycles. The number of methoxy groups -OCH3 is 1. The second-order valence-electron chi connectivity index (χ2n) is 8.17. The number of hydrogen-bond acceptors (Lipinski definition) is 4. The predicted octanol–water partition coefficient (Wildman–Crippen LogP) is 3.24. The van der Waals surface area contributed by atoms with Crippen LogP contribution in [-0.2, 0) is 24.4 Å². The van der Waals surface area contributed by atoms with Crippen LogP contribution in [0.25, 0.3) is 10.9 Å². The number of ether oxygens (including phenoxy) is 1. The van der Waals surface area contributed by atoms with E-state index in [9.17, 15) is 14.4 Å². The van der Waals surface area contributed by atoms with E-state index in [1.54, 1.807) is 29.9 Å². The summed E-state index contributed by atoms with van der Waals surface area (Å²) in [7, 11) is 1.58. The Morgan fingerprint density at radius 1 is 0.912 bits per heavy atom. The normalized spacial score (nSPS) is 10.9. The van der Waals surface area contributed by atoms with E-state index in [0.717, 1.165) is 21.3 Å². The van der Waals surface area contributed by atoms with Crippen molar-refractivity contribution in [3.05, 3.63) is 110 Å². The van der Waals surface area contributed by atoms with E-state index in [4.69, 9.17) is 4.74 Å². The van der Waals surface area contributed by atoms with Gasteiger partial charge in [-0.3, -0.25) is 18.7 Å². The topological polar surface area (TPSA) is 82.3 Å². The van der Waals surface area contributed by atoms with E-state index in [2.05, 4.69) is 5.32 Å². The van der Waals surface area contributed by atoms with Crippen LogP contribution in [0.3, 0.4) is 0 Å². The van der Waals surface area contributed by atoms with Crippen molar-refractivity contribution >= 4 is 16.8 Å². The molecule has 7 heteroatoms. The van der Waals surface area contributed by atoms with E-state index in [-0.39, 0.29) is 18.9 Å². The summed E-state index contributed by atoms with van der Waals surface area (Å²) in [5, 5.41) is 3.28. The Bertz CT molecular complexity index is 1440. The van der Waals surface area contributed by atoms with E-state index >= 15 is 0 Å². The molecule has 0 bridgehead atoms. The SMILES string of the molecule is COc1ccccc1CNC(=O)CCn1c(=O)c2ccccc2n(Cc2ccc(C)cc2)c1=O. The van der Waals surface area contributed by atoms with Gasteiger partial charge in [0, 0.05) is 25.1 Å². The first-order chi connectivity index (χ1) is 16.5. The first kappa shape index (κ1) is 23.0. The van der Waals surface area contributed by atoms with Gasteiger partial charge in [0.15, 0.2) is 0 Å². The molecule has 0 unspecified atom stereocenters. The standard InChI is InChI=1S/C27H27N3O4/c1-19-11-13-20(14-12-19)18-30-23-9-5-4-8-22(23)26(32)29(27(30)33)16-15-25(31)28-17-21-7-3-6-10-24(21)34-2/h3-14H,15-18H2,1-2H3,(H,28,31). The number of carbonyl (C=O) groups is 1. The van der Waals surface area contributed by atoms with Gasteiger partial charge in [0.1, 0.15) is 5.75 Å². The summed E-state index contributed by atoms with van der Waals surface area (Å²) >= 11 is 0. The Morgan fingerprint density at radius 3 is 2.38 bits per heavy atom. The largest absolute Gasteiger partial charge is 0.496 e. The van der Waals surface area contributed by atoms with Crippen LogP contribution in [0.5, 0.6) is 5.75 Å². The third-order valence-electron chi connectivity index (χ3n) is 5.82. The van der Waals surface area contributed by atoms with Crippen molar-refractivity contribution in [2.75, 3.05) is 7.11 Å². The van der Waals surface area contributed by atoms with Gasteiger partial charge in [0.05, 0.1) is 24.6 Å². The molecular formula is C27H27N3O4. The quantitative estimate of drug-likeness (QED) is 0.440. The van der Waals surface area contributed by atoms with Crippen molar-refractivity contribution < 1.29 is 9.53 Å². The molecule has 34 heavy (non-hydrogen) atoms. The monoisotopic (exact) mass is 457 g/mol. The predicted molar refractivity (Wildman–Crippen MR) is 132 cm³/mol. The van der Waals surface area contributed by atoms with Crippen molar-refractivity contribution in [2.45, 2.75) is 33.0 Å². The fourth-order valence-electron chi connectivity index (χ4n) is 3.94. The van der Waals surface area contributed by atoms with Gasteiger partial charge in [-0.05, 0) is 30.7 Å². The van der Waals surface area contributed by atoms with Gasteiger partial charge >= 0.3 is 5.69 Å². The van der Waals surface area contributed by atoms with Crippen LogP contribution in [0.4, 0.5) is 0 Å². The average Bonchev–Trinajstić information content (AvgIpc) is 2.86. The highest BCUT2D eigenvalue weighted by Crippen LogP contribution is 2.16. The summed E-state index contributed by atoms with van der Waals surface area (Å²) in [4.78, 5) is 38.9. The molecule has 4 rings (SSSR count). The van der Waals surface area contributed by atoms with Gasteiger partial charge in [0.25, 0.3) is 5.56 Å². The minimum absolute atomic E-state index is 0.00580. The molecule has 1 aromatic heterocycles. The second kappa shape index (κ2) is 10.2. The van der Waals surface area contributed by atoms with Crippen molar-refractivity contribution in [1.82, 2.24) is 14.5 Å². The van der Waals surface area contributed by atoms with Gasteiger partial charge in [-0.15, -0.1) is 0 Å². The van der Waals surface area contributed by atoms with Crippen LogP contribution >= 0.6 is 0 Å². The molecule has 0 fully saturated rings. The van der Waals surface area contributed by atoms with Gasteiger partial charge in [-0.2, -0.15) is 0 Å². The lowest BCUT2D eigenvalue weighted by Crippen LogP contribution is -2.41. The Kier molecular flexibility index (Phi) is 6.92. The van der Waals surface area contributed by atoms with Gasteiger partial charge in [-0.1, -0.05) is 60.2 Å². The lowest BCUT2D eigenvalue weighted by atomic mass is 10.1. The maximum atomic E-state index is 13.3. The summed E-state index contributed by atoms with van der Waals surface area (Å²) < 4.78 is 8.05. The number of nitrogens with zero attached hydrogens (tertiary/aromatic N) is 2. The molecule has 0 aliphatic carbocycles. The van der Waals surface area contributed by atoms with E-state index in [1.807, 2.05) is 61.5 Å². The number of carbonyl (C=O) groups excluding carboxylic acids is 1. The summed E-state index contributed by atoms with van der Waals surface area (Å²) in [6, 6.07) is 22.4. The molecule has 0 atom stereocenters. The van der Waals surface area contributed by atoms with Crippen molar-refractivity contribution in [3.63, 3.8) is 0 Å². The summed E-state index contributed by atoms with van der Waals surface area (Å²) in [5.41, 5.74) is 2.69. The minimum atomic E-state index is -0.429. The first-order valence-corrected chi connectivity index (χ1v) is 11.1. The lowest BCUT2D eigenvalue weighted by Gasteiger charge is -2.14. The number of nitrogens with one attached hydrogen (secondary N) is 1. The number of rotatable bonds is 8. The third-order valence-corrected chi connectivity index (χ3v) is 5.82. The first-order valence-electron chi connectivity index (χ1n) is 11.1. The van der Waals surface area contributed by atoms with Crippen molar-refractivity contribution in [2.24, 2.45) is 0 Å². The molecular weight excluding hydrogens is 430 g/mol. The van der Waals surface area contributed by atoms with Gasteiger partial charge < -0.3 is 10.1 Å². The molecule has 0 aliphatic rings. The molecule has 0 aliphatic heterocycles. The number of aryl methyl sites for hydroxylation is 1. The molecule has 0 saturated carbocycles. The van der Waals surface area contributed by atoms with Crippen LogP contribution in [-0.4, -0.2) is 22.2 Å². The molecule has 1 amide bonds. The minimum Gasteiger partial charge on any atom is -0.496 e. The number of fused-ring (bicyclic) bond motifs is 1. The fourth-order valence-corrected chi connectivity index (χ4v) is 3.94. The molecule has 1 heterocycles. The summed E-state index contributed by atoms with van der Waals surface area (Å²) in [5.74, 6) is 0.433. The zero-order chi connectivity index (χ0) is 24.1. The molecule has 1 N–H and O–H groups in total. The molecule has 7 nitrogen and oxygen atoms in total. The molecule has 4 aromatic rings. The van der Waals surface area contributed by atoms with Crippen LogP contribution in [0.1, 0.15) is 23.1 Å². The zero-order valence-corrected chi connectivity index (χ0v) is 19.3. The van der Waals surface area contributed by atoms with Crippen LogP contribution in [0.15, 0.2) is 82.4 Å². The second-order valence-corrected chi connectivity index (χ2v) is 8.17. The maximum absolute atomic E-state index is 13.3. The highest BCUT2D eigenvalue weighted by molar-refractivity contribution is 5.78. The van der Waals surface area contributed by atoms with Gasteiger partial charge in [0.2, 0.25) is 5.91 Å². The molecule has 0 spiro atoms. The van der Waals surface area contributed by atoms with E-state index in [1.165, 1.54) is 0 Å². The number of benzene rings is 3. The molecule has 174 valence electrons. The highest BCUT2D eigenvalue weighted by atomic mass is 16.5. The number of aromatic nitrogens is 2. The summed E-state index contributed by atoms with van der Waals surface area (Å²) in [6.45, 7) is 2.63. The smallest absolute Gasteiger partial charge is 0.331 e. The third kappa shape index (κ3) is 4.93. The Hall–Kier alpha value is -4.13. The Balaban J connectivity index is 1.57. The maximum Gasteiger partial charge on any atom is 0.331 e. The lowest BCUT2D eigenvalue weighted by molar-refractivity contribution is -0.121. The fraction of sp³-hybridized carbons (Fsp3) is 0.222. The molecule has 0 radical (unpaired) electrons. The highest BCUT2D eigenvalue weighted by Gasteiger charge is 2.14. The summed E-state index contributed by atoms with van der Waals surface area (Å²) in [6.07, 6.45) is 0.00711.